The van der Waals surface area contributed by atoms with E-state index in [0.29, 0.717) is 32.6 Å². The fourth-order valence-corrected chi connectivity index (χ4v) is 5.53. The van der Waals surface area contributed by atoms with E-state index in [0.717, 1.165) is 47.3 Å². The van der Waals surface area contributed by atoms with Crippen molar-refractivity contribution in [3.63, 3.8) is 0 Å². The smallest absolute Gasteiger partial charge is 0.256 e. The van der Waals surface area contributed by atoms with Gasteiger partial charge in [0.1, 0.15) is 29.1 Å². The number of rotatable bonds is 5. The molecule has 1 N–H and O–H groups in total. The SMILES string of the molecule is N#CCC1(n2cc(-c3ncnc4[nH]ccc34)cn2)CN(C2CCN(C(=O)c3ccc(F)cc3F)CC2)C1. The third kappa shape index (κ3) is 4.03. The molecular weight excluding hydrogens is 478 g/mol. The molecule has 2 saturated heterocycles. The van der Waals surface area contributed by atoms with E-state index in [-0.39, 0.29) is 11.6 Å². The number of carbonyl (C=O) groups is 1. The van der Waals surface area contributed by atoms with E-state index in [9.17, 15) is 18.8 Å². The Bertz CT molecular complexity index is 1510. The molecule has 4 aromatic rings. The number of halogens is 2. The molecule has 0 aliphatic carbocycles. The van der Waals surface area contributed by atoms with Crippen LogP contribution in [0, 0.1) is 23.0 Å². The van der Waals surface area contributed by atoms with Crippen LogP contribution >= 0.6 is 0 Å². The van der Waals surface area contributed by atoms with Gasteiger partial charge in [-0.1, -0.05) is 0 Å². The molecule has 0 bridgehead atoms. The van der Waals surface area contributed by atoms with Gasteiger partial charge in [-0.25, -0.2) is 18.7 Å². The van der Waals surface area contributed by atoms with Gasteiger partial charge in [-0.05, 0) is 31.0 Å². The summed E-state index contributed by atoms with van der Waals surface area (Å²) in [7, 11) is 0. The van der Waals surface area contributed by atoms with E-state index in [1.54, 1.807) is 11.1 Å². The Morgan fingerprint density at radius 3 is 2.76 bits per heavy atom. The summed E-state index contributed by atoms with van der Waals surface area (Å²) in [5, 5.41) is 15.1. The van der Waals surface area contributed by atoms with Crippen molar-refractivity contribution in [2.75, 3.05) is 26.2 Å². The van der Waals surface area contributed by atoms with Gasteiger partial charge in [0.05, 0.1) is 29.9 Å². The van der Waals surface area contributed by atoms with E-state index < -0.39 is 23.1 Å². The molecule has 0 spiro atoms. The van der Waals surface area contributed by atoms with Gasteiger partial charge in [0.15, 0.2) is 0 Å². The molecule has 1 amide bonds. The molecular formula is C26H24F2N8O. The first-order valence-electron chi connectivity index (χ1n) is 12.2. The van der Waals surface area contributed by atoms with E-state index >= 15 is 0 Å². The molecule has 6 rings (SSSR count). The number of nitriles is 1. The second kappa shape index (κ2) is 9.05. The number of likely N-dealkylation sites (tertiary alicyclic amines) is 2. The number of nitrogens with one attached hydrogen (secondary N) is 1. The fraction of sp³-hybridized carbons (Fsp3) is 0.346. The number of hydrogen-bond acceptors (Lipinski definition) is 6. The van der Waals surface area contributed by atoms with E-state index in [1.165, 1.54) is 12.4 Å². The van der Waals surface area contributed by atoms with Gasteiger partial charge < -0.3 is 9.88 Å². The monoisotopic (exact) mass is 502 g/mol. The third-order valence-electron chi connectivity index (χ3n) is 7.53. The predicted molar refractivity (Wildman–Crippen MR) is 130 cm³/mol. The number of aromatic nitrogens is 5. The summed E-state index contributed by atoms with van der Waals surface area (Å²) in [5.41, 5.74) is 1.87. The molecule has 37 heavy (non-hydrogen) atoms. The first-order chi connectivity index (χ1) is 18.0. The molecule has 1 aromatic carbocycles. The number of aromatic amines is 1. The summed E-state index contributed by atoms with van der Waals surface area (Å²) in [6.45, 7) is 2.34. The summed E-state index contributed by atoms with van der Waals surface area (Å²) in [6.07, 6.45) is 8.88. The molecule has 188 valence electrons. The maximum atomic E-state index is 14.1. The molecule has 2 fully saturated rings. The Hall–Kier alpha value is -4.17. The number of fused-ring (bicyclic) bond motifs is 1. The minimum absolute atomic E-state index is 0.105. The van der Waals surface area contributed by atoms with Gasteiger partial charge >= 0.3 is 0 Å². The highest BCUT2D eigenvalue weighted by Crippen LogP contribution is 2.37. The lowest BCUT2D eigenvalue weighted by atomic mass is 9.83. The van der Waals surface area contributed by atoms with E-state index in [1.807, 2.05) is 23.1 Å². The molecule has 3 aromatic heterocycles. The second-order valence-corrected chi connectivity index (χ2v) is 9.75. The van der Waals surface area contributed by atoms with Crippen molar-refractivity contribution in [1.29, 1.82) is 5.26 Å². The Kier molecular flexibility index (Phi) is 5.68. The fourth-order valence-electron chi connectivity index (χ4n) is 5.53. The van der Waals surface area contributed by atoms with Gasteiger partial charge in [0.25, 0.3) is 5.91 Å². The van der Waals surface area contributed by atoms with Gasteiger partial charge in [-0.15, -0.1) is 0 Å². The lowest BCUT2D eigenvalue weighted by Crippen LogP contribution is -2.66. The van der Waals surface area contributed by atoms with Gasteiger partial charge in [0, 0.05) is 61.6 Å². The molecule has 0 atom stereocenters. The zero-order valence-corrected chi connectivity index (χ0v) is 19.9. The molecule has 0 radical (unpaired) electrons. The zero-order valence-electron chi connectivity index (χ0n) is 19.9. The predicted octanol–water partition coefficient (Wildman–Crippen LogP) is 3.33. The van der Waals surface area contributed by atoms with Crippen LogP contribution in [-0.2, 0) is 5.54 Å². The van der Waals surface area contributed by atoms with Gasteiger partial charge in [-0.2, -0.15) is 10.4 Å². The first kappa shape index (κ1) is 23.2. The molecule has 2 aliphatic rings. The van der Waals surface area contributed by atoms with Crippen LogP contribution in [0.5, 0.6) is 0 Å². The largest absolute Gasteiger partial charge is 0.346 e. The first-order valence-corrected chi connectivity index (χ1v) is 12.2. The number of piperidine rings is 1. The number of amides is 1. The maximum absolute atomic E-state index is 14.1. The lowest BCUT2D eigenvalue weighted by molar-refractivity contribution is -0.0412. The number of benzene rings is 1. The zero-order chi connectivity index (χ0) is 25.6. The summed E-state index contributed by atoms with van der Waals surface area (Å²) in [5.74, 6) is -1.96. The Labute approximate surface area is 211 Å². The van der Waals surface area contributed by atoms with Crippen LogP contribution in [0.3, 0.4) is 0 Å². The Morgan fingerprint density at radius 1 is 1.19 bits per heavy atom. The van der Waals surface area contributed by atoms with Crippen LogP contribution in [0.25, 0.3) is 22.3 Å². The number of carbonyl (C=O) groups excluding carboxylic acids is 1. The number of hydrogen-bond donors (Lipinski definition) is 1. The highest BCUT2D eigenvalue weighted by atomic mass is 19.1. The van der Waals surface area contributed by atoms with E-state index in [4.69, 9.17) is 0 Å². The maximum Gasteiger partial charge on any atom is 0.256 e. The van der Waals surface area contributed by atoms with Crippen LogP contribution < -0.4 is 0 Å². The molecule has 0 saturated carbocycles. The topological polar surface area (TPSA) is 107 Å². The van der Waals surface area contributed by atoms with Crippen LogP contribution in [0.1, 0.15) is 29.6 Å². The van der Waals surface area contributed by atoms with Crippen molar-refractivity contribution >= 4 is 16.9 Å². The molecule has 11 heteroatoms. The van der Waals surface area contributed by atoms with Crippen molar-refractivity contribution in [3.8, 4) is 17.3 Å². The quantitative estimate of drug-likeness (QED) is 0.449. The molecule has 5 heterocycles. The van der Waals surface area contributed by atoms with Crippen molar-refractivity contribution < 1.29 is 13.6 Å². The summed E-state index contributed by atoms with van der Waals surface area (Å²) < 4.78 is 29.2. The van der Waals surface area contributed by atoms with Crippen molar-refractivity contribution in [3.05, 3.63) is 66.4 Å². The third-order valence-corrected chi connectivity index (χ3v) is 7.53. The molecule has 0 unspecified atom stereocenters. The lowest BCUT2D eigenvalue weighted by Gasteiger charge is -2.53. The standard InChI is InChI=1S/C26H24F2N8O/c27-18-1-2-20(22(28)11-18)25(37)34-9-4-19(5-10-34)35-14-26(15-35,6-7-29)36-13-17(12-33-36)23-21-3-8-30-24(21)32-16-31-23/h1-3,8,11-13,16,19H,4-6,9-10,14-15H2,(H,30,31,32). The van der Waals surface area contributed by atoms with Gasteiger partial charge in [-0.3, -0.25) is 14.4 Å². The van der Waals surface area contributed by atoms with E-state index in [2.05, 4.69) is 31.0 Å². The normalized spacial score (nSPS) is 18.0. The minimum Gasteiger partial charge on any atom is -0.346 e. The average molecular weight is 503 g/mol. The Balaban J connectivity index is 1.12. The van der Waals surface area contributed by atoms with Crippen LogP contribution in [-0.4, -0.2) is 72.7 Å². The Morgan fingerprint density at radius 2 is 2.00 bits per heavy atom. The highest BCUT2D eigenvalue weighted by molar-refractivity contribution is 5.94. The van der Waals surface area contributed by atoms with Crippen LogP contribution in [0.2, 0.25) is 0 Å². The average Bonchev–Trinajstić information content (AvgIpc) is 3.56. The van der Waals surface area contributed by atoms with Crippen molar-refractivity contribution in [1.82, 2.24) is 34.5 Å². The summed E-state index contributed by atoms with van der Waals surface area (Å²) in [4.78, 5) is 28.5. The van der Waals surface area contributed by atoms with Crippen LogP contribution in [0.4, 0.5) is 8.78 Å². The van der Waals surface area contributed by atoms with Crippen molar-refractivity contribution in [2.45, 2.75) is 30.8 Å². The number of H-pyrrole nitrogens is 1. The second-order valence-electron chi connectivity index (χ2n) is 9.75. The molecule has 9 nitrogen and oxygen atoms in total. The van der Waals surface area contributed by atoms with Gasteiger partial charge in [0.2, 0.25) is 0 Å². The molecule has 2 aliphatic heterocycles. The summed E-state index contributed by atoms with van der Waals surface area (Å²) >= 11 is 0. The highest BCUT2D eigenvalue weighted by Gasteiger charge is 2.48. The summed E-state index contributed by atoms with van der Waals surface area (Å²) in [6, 6.07) is 7.55. The van der Waals surface area contributed by atoms with Crippen molar-refractivity contribution in [2.24, 2.45) is 0 Å². The number of nitrogens with zero attached hydrogens (tertiary/aromatic N) is 7. The van der Waals surface area contributed by atoms with Crippen LogP contribution in [0.15, 0.2) is 49.2 Å². The minimum atomic E-state index is -0.839.